The number of hydroxylamine groups is 2. The highest BCUT2D eigenvalue weighted by Gasteiger charge is 2.27. The first kappa shape index (κ1) is 11.4. The summed E-state index contributed by atoms with van der Waals surface area (Å²) >= 11 is 0. The molecular formula is C10H13NO4. The van der Waals surface area contributed by atoms with Crippen LogP contribution in [0.3, 0.4) is 0 Å². The Morgan fingerprint density at radius 1 is 1.27 bits per heavy atom. The molecule has 15 heavy (non-hydrogen) atoms. The van der Waals surface area contributed by atoms with Gasteiger partial charge in [0.1, 0.15) is 0 Å². The second-order valence-electron chi connectivity index (χ2n) is 3.22. The number of unbranched alkanes of at least 4 members (excludes halogenated alkanes) is 2. The number of rotatable bonds is 5. The first-order valence-corrected chi connectivity index (χ1v) is 4.92. The van der Waals surface area contributed by atoms with Crippen molar-refractivity contribution in [3.63, 3.8) is 0 Å². The summed E-state index contributed by atoms with van der Waals surface area (Å²) in [6.45, 7) is 2.02. The molecule has 0 radical (unpaired) electrons. The molecule has 5 nitrogen and oxygen atoms in total. The molecule has 0 unspecified atom stereocenters. The van der Waals surface area contributed by atoms with E-state index in [1.54, 1.807) is 0 Å². The summed E-state index contributed by atoms with van der Waals surface area (Å²) in [5.41, 5.74) is 0. The van der Waals surface area contributed by atoms with Crippen LogP contribution in [-0.4, -0.2) is 22.8 Å². The van der Waals surface area contributed by atoms with Crippen molar-refractivity contribution in [1.29, 1.82) is 0 Å². The Balaban J connectivity index is 2.32. The van der Waals surface area contributed by atoms with Gasteiger partial charge in [0, 0.05) is 18.6 Å². The quantitative estimate of drug-likeness (QED) is 0.501. The van der Waals surface area contributed by atoms with Crippen LogP contribution in [0.1, 0.15) is 32.6 Å². The molecule has 1 aliphatic heterocycles. The summed E-state index contributed by atoms with van der Waals surface area (Å²) in [5.74, 6) is -1.76. The lowest BCUT2D eigenvalue weighted by molar-refractivity contribution is -0.196. The zero-order valence-electron chi connectivity index (χ0n) is 8.56. The Kier molecular flexibility index (Phi) is 4.03. The number of amides is 2. The van der Waals surface area contributed by atoms with Crippen molar-refractivity contribution < 1.29 is 19.2 Å². The van der Waals surface area contributed by atoms with Gasteiger partial charge >= 0.3 is 5.97 Å². The Hall–Kier alpha value is -1.65. The minimum absolute atomic E-state index is 0.227. The van der Waals surface area contributed by atoms with Gasteiger partial charge in [-0.1, -0.05) is 24.8 Å². The van der Waals surface area contributed by atoms with Gasteiger partial charge in [-0.15, -0.1) is 0 Å². The highest BCUT2D eigenvalue weighted by molar-refractivity contribution is 6.12. The normalized spacial score (nSPS) is 14.9. The average Bonchev–Trinajstić information content (AvgIpc) is 2.50. The maximum atomic E-state index is 11.2. The molecule has 1 aliphatic rings. The predicted octanol–water partition coefficient (Wildman–Crippen LogP) is 0.950. The Morgan fingerprint density at radius 3 is 2.40 bits per heavy atom. The van der Waals surface area contributed by atoms with Crippen molar-refractivity contribution in [2.75, 3.05) is 0 Å². The summed E-state index contributed by atoms with van der Waals surface area (Å²) in [4.78, 5) is 37.8. The van der Waals surface area contributed by atoms with E-state index in [0.29, 0.717) is 11.5 Å². The van der Waals surface area contributed by atoms with E-state index in [1.807, 2.05) is 6.92 Å². The summed E-state index contributed by atoms with van der Waals surface area (Å²) in [6.07, 6.45) is 5.00. The van der Waals surface area contributed by atoms with E-state index in [4.69, 9.17) is 0 Å². The third-order valence-electron chi connectivity index (χ3n) is 1.95. The van der Waals surface area contributed by atoms with Crippen LogP contribution in [0.25, 0.3) is 0 Å². The van der Waals surface area contributed by atoms with Crippen molar-refractivity contribution in [3.05, 3.63) is 12.2 Å². The number of imide groups is 1. The Bertz CT molecular complexity index is 291. The van der Waals surface area contributed by atoms with Gasteiger partial charge in [-0.05, 0) is 6.42 Å². The highest BCUT2D eigenvalue weighted by atomic mass is 16.7. The lowest BCUT2D eigenvalue weighted by Gasteiger charge is -2.12. The molecule has 5 heteroatoms. The molecule has 0 aliphatic carbocycles. The predicted molar refractivity (Wildman–Crippen MR) is 51.2 cm³/mol. The van der Waals surface area contributed by atoms with Gasteiger partial charge in [0.05, 0.1) is 0 Å². The van der Waals surface area contributed by atoms with Crippen LogP contribution in [0, 0.1) is 0 Å². The number of carbonyl (C=O) groups excluding carboxylic acids is 3. The van der Waals surface area contributed by atoms with Crippen molar-refractivity contribution in [1.82, 2.24) is 5.06 Å². The molecule has 0 aromatic carbocycles. The van der Waals surface area contributed by atoms with Gasteiger partial charge in [-0.25, -0.2) is 4.79 Å². The third-order valence-corrected chi connectivity index (χ3v) is 1.95. The number of carbonyl (C=O) groups is 3. The van der Waals surface area contributed by atoms with E-state index in [1.165, 1.54) is 0 Å². The summed E-state index contributed by atoms with van der Waals surface area (Å²) in [6, 6.07) is 0. The van der Waals surface area contributed by atoms with E-state index in [9.17, 15) is 14.4 Å². The van der Waals surface area contributed by atoms with Crippen LogP contribution in [0.4, 0.5) is 0 Å². The Morgan fingerprint density at radius 2 is 1.87 bits per heavy atom. The maximum Gasteiger partial charge on any atom is 0.333 e. The number of hydrogen-bond acceptors (Lipinski definition) is 4. The fraction of sp³-hybridized carbons (Fsp3) is 0.500. The molecule has 2 amide bonds. The molecule has 0 saturated carbocycles. The fourth-order valence-corrected chi connectivity index (χ4v) is 1.14. The van der Waals surface area contributed by atoms with Crippen LogP contribution >= 0.6 is 0 Å². The van der Waals surface area contributed by atoms with Gasteiger partial charge in [0.15, 0.2) is 0 Å². The van der Waals surface area contributed by atoms with Crippen LogP contribution < -0.4 is 0 Å². The van der Waals surface area contributed by atoms with Gasteiger partial charge in [-0.2, -0.15) is 0 Å². The molecule has 0 aromatic heterocycles. The summed E-state index contributed by atoms with van der Waals surface area (Å²) in [7, 11) is 0. The second-order valence-corrected chi connectivity index (χ2v) is 3.22. The fourth-order valence-electron chi connectivity index (χ4n) is 1.14. The van der Waals surface area contributed by atoms with Crippen molar-refractivity contribution in [2.45, 2.75) is 32.6 Å². The van der Waals surface area contributed by atoms with Crippen LogP contribution in [0.15, 0.2) is 12.2 Å². The molecule has 1 heterocycles. The van der Waals surface area contributed by atoms with E-state index in [-0.39, 0.29) is 6.42 Å². The van der Waals surface area contributed by atoms with Crippen molar-refractivity contribution in [2.24, 2.45) is 0 Å². The van der Waals surface area contributed by atoms with Crippen molar-refractivity contribution >= 4 is 17.8 Å². The molecule has 0 N–H and O–H groups in total. The van der Waals surface area contributed by atoms with Crippen molar-refractivity contribution in [3.8, 4) is 0 Å². The highest BCUT2D eigenvalue weighted by Crippen LogP contribution is 2.07. The third kappa shape index (κ3) is 3.19. The van der Waals surface area contributed by atoms with Crippen LogP contribution in [0.5, 0.6) is 0 Å². The summed E-state index contributed by atoms with van der Waals surface area (Å²) in [5, 5.41) is 0.480. The second kappa shape index (κ2) is 5.29. The number of hydrogen-bond donors (Lipinski definition) is 0. The average molecular weight is 211 g/mol. The molecule has 0 saturated heterocycles. The lowest BCUT2D eigenvalue weighted by atomic mass is 10.2. The minimum Gasteiger partial charge on any atom is -0.330 e. The maximum absolute atomic E-state index is 11.2. The molecule has 0 atom stereocenters. The zero-order chi connectivity index (χ0) is 11.3. The molecule has 1 rings (SSSR count). The largest absolute Gasteiger partial charge is 0.333 e. The molecule has 0 bridgehead atoms. The zero-order valence-corrected chi connectivity index (χ0v) is 8.56. The molecule has 82 valence electrons. The van der Waals surface area contributed by atoms with E-state index < -0.39 is 17.8 Å². The monoisotopic (exact) mass is 211 g/mol. The first-order chi connectivity index (χ1) is 7.15. The smallest absolute Gasteiger partial charge is 0.330 e. The topological polar surface area (TPSA) is 63.7 Å². The molecule has 0 fully saturated rings. The Labute approximate surface area is 87.6 Å². The van der Waals surface area contributed by atoms with Gasteiger partial charge in [-0.3, -0.25) is 9.59 Å². The van der Waals surface area contributed by atoms with E-state index in [0.717, 1.165) is 25.0 Å². The SMILES string of the molecule is CCCCCC(=O)ON1C(=O)C=CC1=O. The van der Waals surface area contributed by atoms with E-state index >= 15 is 0 Å². The van der Waals surface area contributed by atoms with Crippen LogP contribution in [-0.2, 0) is 19.2 Å². The summed E-state index contributed by atoms with van der Waals surface area (Å²) < 4.78 is 0. The van der Waals surface area contributed by atoms with Gasteiger partial charge in [0.2, 0.25) is 0 Å². The first-order valence-electron chi connectivity index (χ1n) is 4.92. The molecule has 0 aromatic rings. The molecule has 0 spiro atoms. The van der Waals surface area contributed by atoms with Gasteiger partial charge in [0.25, 0.3) is 11.8 Å². The van der Waals surface area contributed by atoms with Crippen LogP contribution in [0.2, 0.25) is 0 Å². The minimum atomic E-state index is -0.608. The van der Waals surface area contributed by atoms with E-state index in [2.05, 4.69) is 4.84 Å². The molecular weight excluding hydrogens is 198 g/mol. The standard InChI is InChI=1S/C10H13NO4/c1-2-3-4-5-10(14)15-11-8(12)6-7-9(11)13/h6-7H,2-5H2,1H3. The number of nitrogens with zero attached hydrogens (tertiary/aromatic N) is 1. The van der Waals surface area contributed by atoms with Gasteiger partial charge < -0.3 is 4.84 Å². The lowest BCUT2D eigenvalue weighted by Crippen LogP contribution is -2.32.